The Morgan fingerprint density at radius 2 is 1.31 bits per heavy atom. The Hall–Kier alpha value is -6.11. The van der Waals surface area contributed by atoms with Crippen molar-refractivity contribution in [2.45, 2.75) is 32.1 Å². The summed E-state index contributed by atoms with van der Waals surface area (Å²) < 4.78 is 4.76. The van der Waals surface area contributed by atoms with Crippen LogP contribution in [0.1, 0.15) is 48.2 Å². The Morgan fingerprint density at radius 1 is 0.592 bits per heavy atom. The predicted octanol–water partition coefficient (Wildman–Crippen LogP) is 11.5. The minimum absolute atomic E-state index is 0.0566. The maximum atomic E-state index is 9.60. The van der Waals surface area contributed by atoms with Crippen LogP contribution >= 0.6 is 0 Å². The van der Waals surface area contributed by atoms with E-state index in [2.05, 4.69) is 150 Å². The Kier molecular flexibility index (Phi) is 5.82. The standard InChI is InChI=1S/C46H33N3/c1-46(2)40-15-6-3-12-34(40)35-21-20-33(27-41(35)46)49-43-17-8-5-14-37(43)39-26-31(19-23-45(39)49)30-18-22-44-38(25-30)36-13-4-7-16-42(36)48(44)32-11-9-10-29(24-32)28-47/h3,5-12,14-27H,4,13H2,1-2H3. The highest BCUT2D eigenvalue weighted by Gasteiger charge is 2.35. The van der Waals surface area contributed by atoms with E-state index in [-0.39, 0.29) is 5.41 Å². The van der Waals surface area contributed by atoms with E-state index in [9.17, 15) is 5.26 Å². The second kappa shape index (κ2) is 10.2. The van der Waals surface area contributed by atoms with Gasteiger partial charge in [-0.3, -0.25) is 0 Å². The third-order valence-electron chi connectivity index (χ3n) is 11.0. The van der Waals surface area contributed by atoms with Gasteiger partial charge >= 0.3 is 0 Å². The molecule has 0 saturated heterocycles. The smallest absolute Gasteiger partial charge is 0.0992 e. The largest absolute Gasteiger partial charge is 0.310 e. The van der Waals surface area contributed by atoms with Gasteiger partial charge in [-0.1, -0.05) is 86.7 Å². The molecule has 0 spiro atoms. The van der Waals surface area contributed by atoms with E-state index in [0.717, 1.165) is 18.5 Å². The monoisotopic (exact) mass is 627 g/mol. The minimum atomic E-state index is -0.0566. The van der Waals surface area contributed by atoms with Crippen molar-refractivity contribution in [3.8, 4) is 39.7 Å². The lowest BCUT2D eigenvalue weighted by atomic mass is 9.82. The van der Waals surface area contributed by atoms with E-state index in [1.807, 2.05) is 18.2 Å². The molecule has 3 heteroatoms. The van der Waals surface area contributed by atoms with Crippen molar-refractivity contribution in [3.05, 3.63) is 161 Å². The highest BCUT2D eigenvalue weighted by atomic mass is 15.0. The van der Waals surface area contributed by atoms with E-state index in [1.54, 1.807) is 0 Å². The number of aromatic nitrogens is 2. The first kappa shape index (κ1) is 28.0. The molecule has 10 rings (SSSR count). The van der Waals surface area contributed by atoms with Gasteiger partial charge in [-0.15, -0.1) is 0 Å². The Bertz CT molecular complexity index is 2760. The van der Waals surface area contributed by atoms with Crippen molar-refractivity contribution in [3.63, 3.8) is 0 Å². The molecule has 8 aromatic rings. The average Bonchev–Trinajstić information content (AvgIpc) is 3.74. The number of hydrogen-bond donors (Lipinski definition) is 0. The Morgan fingerprint density at radius 3 is 2.16 bits per heavy atom. The molecule has 0 N–H and O–H groups in total. The Labute approximate surface area is 285 Å². The van der Waals surface area contributed by atoms with Gasteiger partial charge in [-0.2, -0.15) is 5.26 Å². The van der Waals surface area contributed by atoms with E-state index in [1.165, 1.54) is 83.0 Å². The highest BCUT2D eigenvalue weighted by Crippen LogP contribution is 2.49. The molecule has 2 aliphatic rings. The molecule has 3 nitrogen and oxygen atoms in total. The molecule has 0 atom stereocenters. The number of aryl methyl sites for hydroxylation is 1. The van der Waals surface area contributed by atoms with Crippen LogP contribution in [-0.2, 0) is 11.8 Å². The summed E-state index contributed by atoms with van der Waals surface area (Å²) in [5, 5.41) is 13.4. The van der Waals surface area contributed by atoms with Gasteiger partial charge in [0.1, 0.15) is 0 Å². The number of allylic oxidation sites excluding steroid dienone is 1. The zero-order chi connectivity index (χ0) is 32.9. The van der Waals surface area contributed by atoms with E-state index < -0.39 is 0 Å². The predicted molar refractivity (Wildman–Crippen MR) is 203 cm³/mol. The number of benzene rings is 6. The molecule has 0 fully saturated rings. The normalized spacial score (nSPS) is 14.2. The van der Waals surface area contributed by atoms with Crippen molar-refractivity contribution in [2.75, 3.05) is 0 Å². The van der Waals surface area contributed by atoms with Gasteiger partial charge < -0.3 is 9.13 Å². The summed E-state index contributed by atoms with van der Waals surface area (Å²) in [5.74, 6) is 0. The van der Waals surface area contributed by atoms with Crippen molar-refractivity contribution < 1.29 is 0 Å². The van der Waals surface area contributed by atoms with Crippen molar-refractivity contribution in [2.24, 2.45) is 0 Å². The van der Waals surface area contributed by atoms with E-state index in [4.69, 9.17) is 0 Å². The van der Waals surface area contributed by atoms with Crippen LogP contribution in [0.3, 0.4) is 0 Å². The van der Waals surface area contributed by atoms with Gasteiger partial charge in [-0.05, 0) is 119 Å². The summed E-state index contributed by atoms with van der Waals surface area (Å²) in [6.07, 6.45) is 6.55. The molecule has 0 aliphatic heterocycles. The molecule has 49 heavy (non-hydrogen) atoms. The fourth-order valence-electron chi connectivity index (χ4n) is 8.67. The van der Waals surface area contributed by atoms with E-state index in [0.29, 0.717) is 5.56 Å². The van der Waals surface area contributed by atoms with Crippen LogP contribution in [0.15, 0.2) is 133 Å². The lowest BCUT2D eigenvalue weighted by Gasteiger charge is -2.22. The summed E-state index contributed by atoms with van der Waals surface area (Å²) >= 11 is 0. The van der Waals surface area contributed by atoms with Crippen LogP contribution in [0, 0.1) is 11.3 Å². The van der Waals surface area contributed by atoms with Crippen molar-refractivity contribution in [1.82, 2.24) is 9.13 Å². The van der Waals surface area contributed by atoms with Gasteiger partial charge in [-0.25, -0.2) is 0 Å². The number of nitrogens with zero attached hydrogens (tertiary/aromatic N) is 3. The summed E-state index contributed by atoms with van der Waals surface area (Å²) in [6, 6.07) is 48.8. The van der Waals surface area contributed by atoms with Gasteiger partial charge in [0, 0.05) is 38.6 Å². The maximum absolute atomic E-state index is 9.60. The molecular weight excluding hydrogens is 595 g/mol. The first-order chi connectivity index (χ1) is 24.0. The van der Waals surface area contributed by atoms with Crippen LogP contribution in [-0.4, -0.2) is 9.13 Å². The molecular formula is C46H33N3. The quantitative estimate of drug-likeness (QED) is 0.192. The summed E-state index contributed by atoms with van der Waals surface area (Å²) in [5.41, 5.74) is 16.9. The fraction of sp³-hybridized carbons (Fsp3) is 0.109. The maximum Gasteiger partial charge on any atom is 0.0992 e. The molecule has 0 amide bonds. The number of rotatable bonds is 3. The molecule has 0 unspecified atom stereocenters. The van der Waals surface area contributed by atoms with Crippen LogP contribution in [0.5, 0.6) is 0 Å². The SMILES string of the molecule is CC1(C)c2ccccc2-c2ccc(-n3c4ccccc4c4cc(-c5ccc6c(c5)c5c(n6-c6cccc(C#N)c6)C=CCC5)ccc43)cc21. The molecule has 6 aromatic carbocycles. The topological polar surface area (TPSA) is 33.6 Å². The first-order valence-electron chi connectivity index (χ1n) is 17.1. The van der Waals surface area contributed by atoms with Gasteiger partial charge in [0.05, 0.1) is 28.2 Å². The molecule has 0 bridgehead atoms. The summed E-state index contributed by atoms with van der Waals surface area (Å²) in [6.45, 7) is 4.70. The van der Waals surface area contributed by atoms with Crippen LogP contribution in [0.4, 0.5) is 0 Å². The number of para-hydroxylation sites is 1. The van der Waals surface area contributed by atoms with Crippen molar-refractivity contribution >= 4 is 38.8 Å². The highest BCUT2D eigenvalue weighted by molar-refractivity contribution is 6.10. The lowest BCUT2D eigenvalue weighted by molar-refractivity contribution is 0.660. The Balaban J connectivity index is 1.13. The second-order valence-electron chi connectivity index (χ2n) is 14.0. The van der Waals surface area contributed by atoms with Gasteiger partial charge in [0.15, 0.2) is 0 Å². The molecule has 2 heterocycles. The molecule has 2 aliphatic carbocycles. The molecule has 2 aromatic heterocycles. The third-order valence-corrected chi connectivity index (χ3v) is 11.0. The molecule has 232 valence electrons. The minimum Gasteiger partial charge on any atom is -0.310 e. The summed E-state index contributed by atoms with van der Waals surface area (Å²) in [4.78, 5) is 0. The fourth-order valence-corrected chi connectivity index (χ4v) is 8.67. The third kappa shape index (κ3) is 3.95. The number of hydrogen-bond acceptors (Lipinski definition) is 1. The van der Waals surface area contributed by atoms with Gasteiger partial charge in [0.2, 0.25) is 0 Å². The van der Waals surface area contributed by atoms with Crippen LogP contribution in [0.2, 0.25) is 0 Å². The average molecular weight is 628 g/mol. The van der Waals surface area contributed by atoms with E-state index >= 15 is 0 Å². The zero-order valence-corrected chi connectivity index (χ0v) is 27.5. The number of nitriles is 1. The molecule has 0 radical (unpaired) electrons. The van der Waals surface area contributed by atoms with Crippen molar-refractivity contribution in [1.29, 1.82) is 5.26 Å². The summed E-state index contributed by atoms with van der Waals surface area (Å²) in [7, 11) is 0. The second-order valence-corrected chi connectivity index (χ2v) is 14.0. The van der Waals surface area contributed by atoms with Crippen LogP contribution < -0.4 is 0 Å². The molecule has 0 saturated carbocycles. The zero-order valence-electron chi connectivity index (χ0n) is 27.5. The first-order valence-corrected chi connectivity index (χ1v) is 17.1. The number of fused-ring (bicyclic) bond motifs is 9. The van der Waals surface area contributed by atoms with Crippen LogP contribution in [0.25, 0.3) is 72.4 Å². The lowest BCUT2D eigenvalue weighted by Crippen LogP contribution is -2.15. The van der Waals surface area contributed by atoms with Gasteiger partial charge in [0.25, 0.3) is 0 Å².